The van der Waals surface area contributed by atoms with Crippen LogP contribution in [0.3, 0.4) is 0 Å². The molecule has 0 spiro atoms. The zero-order valence-electron chi connectivity index (χ0n) is 12.6. The first-order chi connectivity index (χ1) is 11.3. The first-order valence-corrected chi connectivity index (χ1v) is 6.98. The van der Waals surface area contributed by atoms with Gasteiger partial charge in [-0.1, -0.05) is 5.16 Å². The van der Waals surface area contributed by atoms with Gasteiger partial charge in [0.25, 0.3) is 5.91 Å². The molecule has 6 nitrogen and oxygen atoms in total. The van der Waals surface area contributed by atoms with Crippen LogP contribution >= 0.6 is 0 Å². The highest BCUT2D eigenvalue weighted by atomic mass is 19.4. The fourth-order valence-electron chi connectivity index (χ4n) is 1.94. The molecule has 0 aliphatic carbocycles. The van der Waals surface area contributed by atoms with Crippen LogP contribution in [0.1, 0.15) is 22.8 Å². The van der Waals surface area contributed by atoms with Crippen molar-refractivity contribution >= 4 is 17.6 Å². The van der Waals surface area contributed by atoms with E-state index in [0.717, 1.165) is 24.3 Å². The van der Waals surface area contributed by atoms with Crippen molar-refractivity contribution in [3.05, 3.63) is 47.7 Å². The van der Waals surface area contributed by atoms with Crippen LogP contribution in [0.2, 0.25) is 0 Å². The normalized spacial score (nSPS) is 11.2. The number of carbonyl (C=O) groups is 2. The van der Waals surface area contributed by atoms with Crippen molar-refractivity contribution in [2.45, 2.75) is 13.1 Å². The number of rotatable bonds is 5. The SMILES string of the molecule is CCN(CC(=O)Nc1ccon1)C(=O)c1ccc(C(F)(F)F)cc1. The summed E-state index contributed by atoms with van der Waals surface area (Å²) >= 11 is 0. The predicted molar refractivity (Wildman–Crippen MR) is 78.2 cm³/mol. The van der Waals surface area contributed by atoms with E-state index in [-0.39, 0.29) is 24.5 Å². The third kappa shape index (κ3) is 4.34. The molecule has 0 aliphatic rings. The molecular formula is C15H14F3N3O3. The lowest BCUT2D eigenvalue weighted by Crippen LogP contribution is -2.37. The van der Waals surface area contributed by atoms with Crippen LogP contribution in [0.4, 0.5) is 19.0 Å². The Labute approximate surface area is 135 Å². The molecule has 128 valence electrons. The lowest BCUT2D eigenvalue weighted by Gasteiger charge is -2.20. The van der Waals surface area contributed by atoms with Gasteiger partial charge in [-0.3, -0.25) is 9.59 Å². The number of anilines is 1. The van der Waals surface area contributed by atoms with E-state index in [1.54, 1.807) is 6.92 Å². The molecule has 0 bridgehead atoms. The highest BCUT2D eigenvalue weighted by molar-refractivity contribution is 5.99. The molecule has 0 unspecified atom stereocenters. The van der Waals surface area contributed by atoms with Crippen LogP contribution in [0, 0.1) is 0 Å². The summed E-state index contributed by atoms with van der Waals surface area (Å²) in [6.45, 7) is 1.61. The Kier molecular flexibility index (Phi) is 5.22. The molecule has 9 heteroatoms. The second kappa shape index (κ2) is 7.16. The third-order valence-electron chi connectivity index (χ3n) is 3.17. The minimum atomic E-state index is -4.47. The van der Waals surface area contributed by atoms with Crippen molar-refractivity contribution in [2.75, 3.05) is 18.4 Å². The van der Waals surface area contributed by atoms with E-state index in [9.17, 15) is 22.8 Å². The number of hydrogen-bond donors (Lipinski definition) is 1. The number of halogens is 3. The highest BCUT2D eigenvalue weighted by Crippen LogP contribution is 2.29. The van der Waals surface area contributed by atoms with Crippen molar-refractivity contribution in [2.24, 2.45) is 0 Å². The predicted octanol–water partition coefficient (Wildman–Crippen LogP) is 2.79. The smallest absolute Gasteiger partial charge is 0.363 e. The average Bonchev–Trinajstić information content (AvgIpc) is 3.04. The monoisotopic (exact) mass is 341 g/mol. The Morgan fingerprint density at radius 3 is 2.38 bits per heavy atom. The number of carbonyl (C=O) groups excluding carboxylic acids is 2. The highest BCUT2D eigenvalue weighted by Gasteiger charge is 2.30. The maximum atomic E-state index is 12.5. The molecule has 0 aliphatic heterocycles. The first-order valence-electron chi connectivity index (χ1n) is 6.98. The van der Waals surface area contributed by atoms with Gasteiger partial charge in [0.05, 0.1) is 5.56 Å². The van der Waals surface area contributed by atoms with Crippen molar-refractivity contribution < 1.29 is 27.3 Å². The van der Waals surface area contributed by atoms with Gasteiger partial charge < -0.3 is 14.7 Å². The Morgan fingerprint density at radius 1 is 1.21 bits per heavy atom. The Bertz CT molecular complexity index is 697. The van der Waals surface area contributed by atoms with Crippen LogP contribution in [0.5, 0.6) is 0 Å². The zero-order chi connectivity index (χ0) is 17.7. The number of nitrogens with zero attached hydrogens (tertiary/aromatic N) is 2. The summed E-state index contributed by atoms with van der Waals surface area (Å²) in [4.78, 5) is 25.4. The van der Waals surface area contributed by atoms with Crippen LogP contribution in [-0.2, 0) is 11.0 Å². The van der Waals surface area contributed by atoms with Gasteiger partial charge in [0.2, 0.25) is 5.91 Å². The second-order valence-corrected chi connectivity index (χ2v) is 4.83. The average molecular weight is 341 g/mol. The summed E-state index contributed by atoms with van der Waals surface area (Å²) < 4.78 is 42.2. The van der Waals surface area contributed by atoms with E-state index in [2.05, 4.69) is 15.0 Å². The Morgan fingerprint density at radius 2 is 1.88 bits per heavy atom. The van der Waals surface area contributed by atoms with Gasteiger partial charge in [-0.15, -0.1) is 0 Å². The summed E-state index contributed by atoms with van der Waals surface area (Å²) in [5, 5.41) is 5.94. The van der Waals surface area contributed by atoms with Crippen LogP contribution < -0.4 is 5.32 Å². The molecule has 0 saturated heterocycles. The van der Waals surface area contributed by atoms with E-state index < -0.39 is 23.6 Å². The number of hydrogen-bond acceptors (Lipinski definition) is 4. The molecule has 1 aromatic carbocycles. The second-order valence-electron chi connectivity index (χ2n) is 4.83. The third-order valence-corrected chi connectivity index (χ3v) is 3.17. The zero-order valence-corrected chi connectivity index (χ0v) is 12.6. The molecule has 24 heavy (non-hydrogen) atoms. The minimum absolute atomic E-state index is 0.0686. The van der Waals surface area contributed by atoms with E-state index >= 15 is 0 Å². The Hall–Kier alpha value is -2.84. The summed E-state index contributed by atoms with van der Waals surface area (Å²) in [6, 6.07) is 5.27. The summed E-state index contributed by atoms with van der Waals surface area (Å²) in [5.41, 5.74) is -0.773. The molecule has 0 fully saturated rings. The van der Waals surface area contributed by atoms with Gasteiger partial charge in [0.15, 0.2) is 5.82 Å². The molecule has 0 saturated carbocycles. The fourth-order valence-corrected chi connectivity index (χ4v) is 1.94. The lowest BCUT2D eigenvalue weighted by molar-refractivity contribution is -0.137. The largest absolute Gasteiger partial charge is 0.416 e. The van der Waals surface area contributed by atoms with E-state index in [1.807, 2.05) is 0 Å². The summed E-state index contributed by atoms with van der Waals surface area (Å²) in [6.07, 6.45) is -3.19. The van der Waals surface area contributed by atoms with E-state index in [1.165, 1.54) is 17.2 Å². The molecule has 0 radical (unpaired) electrons. The van der Waals surface area contributed by atoms with Gasteiger partial charge in [-0.2, -0.15) is 13.2 Å². The van der Waals surface area contributed by atoms with Crippen LogP contribution in [-0.4, -0.2) is 35.0 Å². The van der Waals surface area contributed by atoms with Gasteiger partial charge in [0.1, 0.15) is 12.8 Å². The van der Waals surface area contributed by atoms with Gasteiger partial charge in [0, 0.05) is 18.2 Å². The maximum Gasteiger partial charge on any atom is 0.416 e. The van der Waals surface area contributed by atoms with Crippen LogP contribution in [0.15, 0.2) is 41.1 Å². The molecule has 1 heterocycles. The van der Waals surface area contributed by atoms with Crippen molar-refractivity contribution in [3.8, 4) is 0 Å². The maximum absolute atomic E-state index is 12.5. The quantitative estimate of drug-likeness (QED) is 0.907. The van der Waals surface area contributed by atoms with Crippen molar-refractivity contribution in [1.82, 2.24) is 10.1 Å². The summed E-state index contributed by atoms with van der Waals surface area (Å²) in [7, 11) is 0. The molecule has 2 amide bonds. The molecule has 2 rings (SSSR count). The molecular weight excluding hydrogens is 327 g/mol. The molecule has 2 aromatic rings. The fraction of sp³-hybridized carbons (Fsp3) is 0.267. The van der Waals surface area contributed by atoms with Gasteiger partial charge in [-0.25, -0.2) is 0 Å². The lowest BCUT2D eigenvalue weighted by atomic mass is 10.1. The van der Waals surface area contributed by atoms with Crippen LogP contribution in [0.25, 0.3) is 0 Å². The van der Waals surface area contributed by atoms with E-state index in [0.29, 0.717) is 0 Å². The standard InChI is InChI=1S/C15H14F3N3O3/c1-2-21(9-13(22)19-12-7-8-24-20-12)14(23)10-3-5-11(6-4-10)15(16,17)18/h3-8H,2,9H2,1H3,(H,19,20,22). The minimum Gasteiger partial charge on any atom is -0.363 e. The number of benzene rings is 1. The molecule has 1 N–H and O–H groups in total. The number of amides is 2. The summed E-state index contributed by atoms with van der Waals surface area (Å²) in [5.74, 6) is -0.828. The van der Waals surface area contributed by atoms with Gasteiger partial charge in [-0.05, 0) is 31.2 Å². The van der Waals surface area contributed by atoms with Crippen molar-refractivity contribution in [1.29, 1.82) is 0 Å². The molecule has 1 aromatic heterocycles. The number of alkyl halides is 3. The Balaban J connectivity index is 2.04. The molecule has 0 atom stereocenters. The van der Waals surface area contributed by atoms with Crippen molar-refractivity contribution in [3.63, 3.8) is 0 Å². The van der Waals surface area contributed by atoms with E-state index in [4.69, 9.17) is 0 Å². The number of aromatic nitrogens is 1. The number of likely N-dealkylation sites (N-methyl/N-ethyl adjacent to an activating group) is 1. The topological polar surface area (TPSA) is 75.4 Å². The number of nitrogens with one attached hydrogen (secondary N) is 1. The first kappa shape index (κ1) is 17.5. The van der Waals surface area contributed by atoms with Gasteiger partial charge >= 0.3 is 6.18 Å².